The van der Waals surface area contributed by atoms with Crippen LogP contribution in [-0.4, -0.2) is 20.3 Å². The number of H-pyrrole nitrogens is 1. The second-order valence-corrected chi connectivity index (χ2v) is 4.00. The molecule has 0 spiro atoms. The molecule has 0 saturated carbocycles. The second-order valence-electron chi connectivity index (χ2n) is 4.00. The molecule has 7 nitrogen and oxygen atoms in total. The molecule has 0 radical (unpaired) electrons. The van der Waals surface area contributed by atoms with Crippen molar-refractivity contribution in [2.24, 2.45) is 5.73 Å². The molecule has 1 unspecified atom stereocenters. The first-order valence-corrected chi connectivity index (χ1v) is 5.22. The molecule has 0 aliphatic carbocycles. The molecular weight excluding hydrogens is 222 g/mol. The van der Waals surface area contributed by atoms with Crippen LogP contribution in [0, 0.1) is 0 Å². The van der Waals surface area contributed by atoms with Gasteiger partial charge in [0.05, 0.1) is 5.54 Å². The maximum atomic E-state index is 10.9. The first-order chi connectivity index (χ1) is 8.03. The van der Waals surface area contributed by atoms with E-state index in [2.05, 4.69) is 20.3 Å². The zero-order valence-electron chi connectivity index (χ0n) is 9.60. The maximum Gasteiger partial charge on any atom is 0.278 e. The predicted molar refractivity (Wildman–Crippen MR) is 60.0 cm³/mol. The summed E-state index contributed by atoms with van der Waals surface area (Å²) in [7, 11) is 0. The SMILES string of the molecule is CCC(C)(N)c1noc(-c2ccc(=O)[nH]n2)n1. The molecule has 0 saturated heterocycles. The molecule has 2 rings (SSSR count). The number of nitrogens with two attached hydrogens (primary N) is 1. The van der Waals surface area contributed by atoms with Gasteiger partial charge in [-0.25, -0.2) is 5.10 Å². The Hall–Kier alpha value is -2.02. The summed E-state index contributed by atoms with van der Waals surface area (Å²) in [4.78, 5) is 15.0. The molecule has 2 aromatic rings. The molecule has 0 aliphatic rings. The Morgan fingerprint density at radius 1 is 1.53 bits per heavy atom. The molecule has 7 heteroatoms. The van der Waals surface area contributed by atoms with Crippen LogP contribution >= 0.6 is 0 Å². The largest absolute Gasteiger partial charge is 0.332 e. The van der Waals surface area contributed by atoms with Crippen molar-refractivity contribution in [3.8, 4) is 11.6 Å². The van der Waals surface area contributed by atoms with Crippen LogP contribution in [0.1, 0.15) is 26.1 Å². The average molecular weight is 235 g/mol. The highest BCUT2D eigenvalue weighted by molar-refractivity contribution is 5.44. The zero-order valence-corrected chi connectivity index (χ0v) is 9.60. The molecule has 90 valence electrons. The third-order valence-electron chi connectivity index (χ3n) is 2.57. The minimum atomic E-state index is -0.635. The Kier molecular flexibility index (Phi) is 2.76. The van der Waals surface area contributed by atoms with Gasteiger partial charge in [0.15, 0.2) is 5.82 Å². The van der Waals surface area contributed by atoms with Crippen LogP contribution in [0.5, 0.6) is 0 Å². The standard InChI is InChI=1S/C10H13N5O2/c1-3-10(2,11)9-12-8(17-15-9)6-4-5-7(16)14-13-6/h4-5H,3,11H2,1-2H3,(H,14,16). The highest BCUT2D eigenvalue weighted by Crippen LogP contribution is 2.21. The van der Waals surface area contributed by atoms with E-state index in [0.717, 1.165) is 0 Å². The monoisotopic (exact) mass is 235 g/mol. The third kappa shape index (κ3) is 2.23. The van der Waals surface area contributed by atoms with Gasteiger partial charge in [0.2, 0.25) is 0 Å². The first-order valence-electron chi connectivity index (χ1n) is 5.22. The lowest BCUT2D eigenvalue weighted by Gasteiger charge is -2.16. The number of aromatic nitrogens is 4. The number of nitrogens with zero attached hydrogens (tertiary/aromatic N) is 3. The minimum absolute atomic E-state index is 0.237. The summed E-state index contributed by atoms with van der Waals surface area (Å²) in [6, 6.07) is 2.85. The van der Waals surface area contributed by atoms with Gasteiger partial charge >= 0.3 is 0 Å². The van der Waals surface area contributed by atoms with Gasteiger partial charge in [-0.2, -0.15) is 10.1 Å². The van der Waals surface area contributed by atoms with Crippen LogP contribution < -0.4 is 11.3 Å². The van der Waals surface area contributed by atoms with Gasteiger partial charge in [0.1, 0.15) is 5.69 Å². The molecule has 0 amide bonds. The Morgan fingerprint density at radius 2 is 2.29 bits per heavy atom. The van der Waals surface area contributed by atoms with E-state index in [-0.39, 0.29) is 11.4 Å². The van der Waals surface area contributed by atoms with Gasteiger partial charge in [-0.05, 0) is 19.4 Å². The summed E-state index contributed by atoms with van der Waals surface area (Å²) in [5.41, 5.74) is 5.48. The molecule has 0 fully saturated rings. The van der Waals surface area contributed by atoms with E-state index in [4.69, 9.17) is 10.3 Å². The topological polar surface area (TPSA) is 111 Å². The Bertz CT molecular complexity index is 552. The molecule has 17 heavy (non-hydrogen) atoms. The summed E-state index contributed by atoms with van der Waals surface area (Å²) in [5.74, 6) is 0.657. The fourth-order valence-corrected chi connectivity index (χ4v) is 1.18. The Labute approximate surface area is 97.0 Å². The van der Waals surface area contributed by atoms with Crippen LogP contribution in [-0.2, 0) is 5.54 Å². The summed E-state index contributed by atoms with van der Waals surface area (Å²) >= 11 is 0. The van der Waals surface area contributed by atoms with E-state index in [1.54, 1.807) is 0 Å². The van der Waals surface area contributed by atoms with Crippen molar-refractivity contribution in [2.75, 3.05) is 0 Å². The van der Waals surface area contributed by atoms with Crippen molar-refractivity contribution in [2.45, 2.75) is 25.8 Å². The van der Waals surface area contributed by atoms with Crippen LogP contribution in [0.4, 0.5) is 0 Å². The molecule has 0 aliphatic heterocycles. The molecule has 1 atom stereocenters. The lowest BCUT2D eigenvalue weighted by Crippen LogP contribution is -2.33. The van der Waals surface area contributed by atoms with E-state index in [0.29, 0.717) is 17.9 Å². The highest BCUT2D eigenvalue weighted by Gasteiger charge is 2.25. The fourth-order valence-electron chi connectivity index (χ4n) is 1.18. The number of nitrogens with one attached hydrogen (secondary N) is 1. The second kappa shape index (κ2) is 4.10. The summed E-state index contributed by atoms with van der Waals surface area (Å²) < 4.78 is 5.05. The van der Waals surface area contributed by atoms with Crippen molar-refractivity contribution in [3.05, 3.63) is 28.3 Å². The zero-order chi connectivity index (χ0) is 12.5. The highest BCUT2D eigenvalue weighted by atomic mass is 16.5. The molecule has 0 aromatic carbocycles. The molecule has 3 N–H and O–H groups in total. The summed E-state index contributed by atoms with van der Waals surface area (Å²) in [6.07, 6.45) is 0.686. The van der Waals surface area contributed by atoms with Gasteiger partial charge in [-0.1, -0.05) is 12.1 Å². The Morgan fingerprint density at radius 3 is 2.88 bits per heavy atom. The van der Waals surface area contributed by atoms with Crippen LogP contribution in [0.3, 0.4) is 0 Å². The lowest BCUT2D eigenvalue weighted by atomic mass is 10.0. The molecule has 0 bridgehead atoms. The summed E-state index contributed by atoms with van der Waals surface area (Å²) in [6.45, 7) is 3.76. The molecule has 2 aromatic heterocycles. The number of rotatable bonds is 3. The molecular formula is C10H13N5O2. The minimum Gasteiger partial charge on any atom is -0.332 e. The van der Waals surface area contributed by atoms with Gasteiger partial charge in [-0.3, -0.25) is 4.79 Å². The Balaban J connectivity index is 2.36. The van der Waals surface area contributed by atoms with Crippen molar-refractivity contribution >= 4 is 0 Å². The van der Waals surface area contributed by atoms with Crippen LogP contribution in [0.2, 0.25) is 0 Å². The van der Waals surface area contributed by atoms with E-state index < -0.39 is 5.54 Å². The van der Waals surface area contributed by atoms with E-state index in [9.17, 15) is 4.79 Å². The average Bonchev–Trinajstić information content (AvgIpc) is 2.80. The van der Waals surface area contributed by atoms with E-state index >= 15 is 0 Å². The van der Waals surface area contributed by atoms with Gasteiger partial charge in [0.25, 0.3) is 11.4 Å². The van der Waals surface area contributed by atoms with Crippen molar-refractivity contribution in [1.29, 1.82) is 0 Å². The lowest BCUT2D eigenvalue weighted by molar-refractivity contribution is 0.378. The third-order valence-corrected chi connectivity index (χ3v) is 2.57. The predicted octanol–water partition coefficient (Wildman–Crippen LogP) is 0.404. The maximum absolute atomic E-state index is 10.9. The van der Waals surface area contributed by atoms with Crippen molar-refractivity contribution in [1.82, 2.24) is 20.3 Å². The number of hydrogen-bond donors (Lipinski definition) is 2. The smallest absolute Gasteiger partial charge is 0.278 e. The quantitative estimate of drug-likeness (QED) is 0.796. The van der Waals surface area contributed by atoms with Gasteiger partial charge < -0.3 is 10.3 Å². The van der Waals surface area contributed by atoms with Crippen LogP contribution in [0.25, 0.3) is 11.6 Å². The number of hydrogen-bond acceptors (Lipinski definition) is 6. The normalized spacial score (nSPS) is 14.5. The van der Waals surface area contributed by atoms with Gasteiger partial charge in [-0.15, -0.1) is 0 Å². The van der Waals surface area contributed by atoms with Crippen molar-refractivity contribution in [3.63, 3.8) is 0 Å². The van der Waals surface area contributed by atoms with E-state index in [1.807, 2.05) is 13.8 Å². The summed E-state index contributed by atoms with van der Waals surface area (Å²) in [5, 5.41) is 9.91. The van der Waals surface area contributed by atoms with Crippen LogP contribution in [0.15, 0.2) is 21.5 Å². The number of aromatic amines is 1. The first kappa shape index (κ1) is 11.5. The van der Waals surface area contributed by atoms with E-state index in [1.165, 1.54) is 12.1 Å². The van der Waals surface area contributed by atoms with Crippen molar-refractivity contribution < 1.29 is 4.52 Å². The fraction of sp³-hybridized carbons (Fsp3) is 0.400. The molecule has 2 heterocycles. The van der Waals surface area contributed by atoms with Gasteiger partial charge in [0, 0.05) is 6.07 Å².